The van der Waals surface area contributed by atoms with Crippen molar-refractivity contribution in [1.29, 1.82) is 0 Å². The van der Waals surface area contributed by atoms with Crippen molar-refractivity contribution >= 4 is 23.4 Å². The maximum absolute atomic E-state index is 4.54. The number of aryl methyl sites for hydroxylation is 2. The predicted octanol–water partition coefficient (Wildman–Crippen LogP) is 1.57. The van der Waals surface area contributed by atoms with Gasteiger partial charge >= 0.3 is 0 Å². The molecule has 4 rings (SSSR count). The summed E-state index contributed by atoms with van der Waals surface area (Å²) in [6.45, 7) is 5.82. The van der Waals surface area contributed by atoms with E-state index in [1.807, 2.05) is 25.5 Å². The topological polar surface area (TPSA) is 74.7 Å². The van der Waals surface area contributed by atoms with Crippen LogP contribution in [0.2, 0.25) is 0 Å². The Morgan fingerprint density at radius 1 is 1.33 bits per heavy atom. The van der Waals surface area contributed by atoms with Crippen molar-refractivity contribution in [2.24, 2.45) is 7.05 Å². The van der Waals surface area contributed by atoms with Gasteiger partial charge in [0.2, 0.25) is 0 Å². The fourth-order valence-corrected chi connectivity index (χ4v) is 3.27. The Morgan fingerprint density at radius 3 is 3.00 bits per heavy atom. The lowest BCUT2D eigenvalue weighted by molar-refractivity contribution is 0.144. The number of aromatic amines is 1. The summed E-state index contributed by atoms with van der Waals surface area (Å²) in [5, 5.41) is 11.8. The van der Waals surface area contributed by atoms with E-state index < -0.39 is 0 Å². The Balaban J connectivity index is 0.00000169. The Bertz CT molecular complexity index is 825. The van der Waals surface area contributed by atoms with Crippen LogP contribution in [0.5, 0.6) is 0 Å². The van der Waals surface area contributed by atoms with Crippen LogP contribution in [-0.4, -0.2) is 49.3 Å². The maximum Gasteiger partial charge on any atom is 0.181 e. The van der Waals surface area contributed by atoms with Crippen LogP contribution in [0, 0.1) is 6.92 Å². The summed E-state index contributed by atoms with van der Waals surface area (Å²) in [7, 11) is 2.05. The van der Waals surface area contributed by atoms with Gasteiger partial charge in [-0.2, -0.15) is 5.10 Å². The number of nitrogens with one attached hydrogen (secondary N) is 2. The average Bonchev–Trinajstić information content (AvgIpc) is 3.15. The summed E-state index contributed by atoms with van der Waals surface area (Å²) in [4.78, 5) is 11.5. The molecule has 1 saturated heterocycles. The molecule has 7 nitrogen and oxygen atoms in total. The molecule has 0 bridgehead atoms. The summed E-state index contributed by atoms with van der Waals surface area (Å²) in [5.74, 6) is 1.10. The van der Waals surface area contributed by atoms with Crippen molar-refractivity contribution in [2.75, 3.05) is 19.6 Å². The van der Waals surface area contributed by atoms with E-state index in [-0.39, 0.29) is 18.4 Å². The molecule has 4 heterocycles. The maximum atomic E-state index is 4.54. The van der Waals surface area contributed by atoms with E-state index in [1.54, 1.807) is 0 Å². The van der Waals surface area contributed by atoms with Crippen LogP contribution in [0.3, 0.4) is 0 Å². The van der Waals surface area contributed by atoms with Gasteiger partial charge < -0.3 is 9.88 Å². The second kappa shape index (κ2) is 6.88. The highest BCUT2D eigenvalue weighted by Crippen LogP contribution is 2.23. The first-order valence-electron chi connectivity index (χ1n) is 7.94. The van der Waals surface area contributed by atoms with E-state index >= 15 is 0 Å². The first-order valence-corrected chi connectivity index (χ1v) is 7.94. The minimum Gasteiger partial charge on any atom is -0.337 e. The molecule has 1 aliphatic rings. The van der Waals surface area contributed by atoms with Crippen molar-refractivity contribution in [3.63, 3.8) is 0 Å². The van der Waals surface area contributed by atoms with E-state index in [2.05, 4.69) is 48.1 Å². The third-order valence-electron chi connectivity index (χ3n) is 4.55. The summed E-state index contributed by atoms with van der Waals surface area (Å²) in [5.41, 5.74) is 3.06. The predicted molar refractivity (Wildman–Crippen MR) is 95.1 cm³/mol. The highest BCUT2D eigenvalue weighted by molar-refractivity contribution is 5.85. The number of hydrogen-bond acceptors (Lipinski definition) is 5. The molecule has 24 heavy (non-hydrogen) atoms. The molecule has 1 fully saturated rings. The van der Waals surface area contributed by atoms with Gasteiger partial charge in [0.05, 0.1) is 6.04 Å². The highest BCUT2D eigenvalue weighted by atomic mass is 35.5. The summed E-state index contributed by atoms with van der Waals surface area (Å²) in [6.07, 6.45) is 5.80. The van der Waals surface area contributed by atoms with E-state index in [1.165, 1.54) is 5.56 Å². The van der Waals surface area contributed by atoms with Gasteiger partial charge in [-0.05, 0) is 18.6 Å². The Morgan fingerprint density at radius 2 is 2.21 bits per heavy atom. The quantitative estimate of drug-likeness (QED) is 0.752. The van der Waals surface area contributed by atoms with Crippen LogP contribution in [-0.2, 0) is 13.6 Å². The number of nitrogens with zero attached hydrogens (tertiary/aromatic N) is 5. The van der Waals surface area contributed by atoms with Gasteiger partial charge in [0.15, 0.2) is 5.65 Å². The standard InChI is InChI=1S/C16H21N7.ClH/c1-11-13-7-12(8-19-15(13)21-20-11)10-23-6-3-17-9-14(23)16-18-4-5-22(16)2;/h4-5,7-8,14,17H,3,6,9-10H2,1-2H3,(H,19,20,21);1H. The minimum absolute atomic E-state index is 0. The first kappa shape index (κ1) is 16.9. The van der Waals surface area contributed by atoms with Gasteiger partial charge in [-0.25, -0.2) is 9.97 Å². The first-order chi connectivity index (χ1) is 11.2. The fourth-order valence-electron chi connectivity index (χ4n) is 3.27. The molecule has 1 unspecified atom stereocenters. The molecular formula is C16H22ClN7. The Hall–Kier alpha value is -1.96. The lowest BCUT2D eigenvalue weighted by atomic mass is 10.1. The number of fused-ring (bicyclic) bond motifs is 1. The van der Waals surface area contributed by atoms with Crippen LogP contribution in [0.15, 0.2) is 24.7 Å². The van der Waals surface area contributed by atoms with Crippen LogP contribution in [0.1, 0.15) is 23.1 Å². The molecular weight excluding hydrogens is 326 g/mol. The van der Waals surface area contributed by atoms with E-state index in [9.17, 15) is 0 Å². The molecule has 3 aromatic heterocycles. The molecule has 0 aliphatic carbocycles. The number of imidazole rings is 1. The summed E-state index contributed by atoms with van der Waals surface area (Å²) >= 11 is 0. The SMILES string of the molecule is Cc1[nH]nc2ncc(CN3CCNCC3c3nccn3C)cc12.Cl. The van der Waals surface area contributed by atoms with Crippen molar-refractivity contribution < 1.29 is 0 Å². The van der Waals surface area contributed by atoms with Crippen LogP contribution >= 0.6 is 12.4 Å². The van der Waals surface area contributed by atoms with Crippen molar-refractivity contribution in [3.05, 3.63) is 41.7 Å². The number of piperazine rings is 1. The molecule has 8 heteroatoms. The number of H-pyrrole nitrogens is 1. The molecule has 128 valence electrons. The molecule has 0 radical (unpaired) electrons. The van der Waals surface area contributed by atoms with Gasteiger partial charge in [0.1, 0.15) is 5.82 Å². The number of aromatic nitrogens is 5. The Kier molecular flexibility index (Phi) is 4.84. The third kappa shape index (κ3) is 3.02. The molecule has 1 atom stereocenters. The second-order valence-corrected chi connectivity index (χ2v) is 6.15. The second-order valence-electron chi connectivity index (χ2n) is 6.15. The number of pyridine rings is 1. The van der Waals surface area contributed by atoms with Crippen LogP contribution in [0.4, 0.5) is 0 Å². The highest BCUT2D eigenvalue weighted by Gasteiger charge is 2.26. The molecule has 0 aromatic carbocycles. The van der Waals surface area contributed by atoms with Gasteiger partial charge in [-0.15, -0.1) is 12.4 Å². The molecule has 0 saturated carbocycles. The normalized spacial score (nSPS) is 18.7. The largest absolute Gasteiger partial charge is 0.337 e. The number of rotatable bonds is 3. The van der Waals surface area contributed by atoms with Crippen molar-refractivity contribution in [2.45, 2.75) is 19.5 Å². The smallest absolute Gasteiger partial charge is 0.181 e. The van der Waals surface area contributed by atoms with E-state index in [0.717, 1.165) is 48.7 Å². The summed E-state index contributed by atoms with van der Waals surface area (Å²) < 4.78 is 2.10. The van der Waals surface area contributed by atoms with Crippen LogP contribution < -0.4 is 5.32 Å². The van der Waals surface area contributed by atoms with Gasteiger partial charge in [0.25, 0.3) is 0 Å². The van der Waals surface area contributed by atoms with Gasteiger partial charge in [-0.3, -0.25) is 10.00 Å². The molecule has 0 amide bonds. The van der Waals surface area contributed by atoms with Gasteiger partial charge in [0, 0.05) is 62.9 Å². The zero-order valence-corrected chi connectivity index (χ0v) is 14.7. The fraction of sp³-hybridized carbons (Fsp3) is 0.438. The molecule has 3 aromatic rings. The van der Waals surface area contributed by atoms with Crippen molar-refractivity contribution in [3.8, 4) is 0 Å². The minimum atomic E-state index is 0. The van der Waals surface area contributed by atoms with E-state index in [0.29, 0.717) is 0 Å². The van der Waals surface area contributed by atoms with Crippen LogP contribution in [0.25, 0.3) is 11.0 Å². The van der Waals surface area contributed by atoms with Gasteiger partial charge in [-0.1, -0.05) is 0 Å². The lowest BCUT2D eigenvalue weighted by Gasteiger charge is -2.35. The molecule has 1 aliphatic heterocycles. The average molecular weight is 348 g/mol. The lowest BCUT2D eigenvalue weighted by Crippen LogP contribution is -2.46. The molecule has 2 N–H and O–H groups in total. The number of hydrogen-bond donors (Lipinski definition) is 2. The summed E-state index contributed by atoms with van der Waals surface area (Å²) in [6, 6.07) is 2.48. The Labute approximate surface area is 146 Å². The van der Waals surface area contributed by atoms with Crippen molar-refractivity contribution in [1.82, 2.24) is 34.9 Å². The molecule has 0 spiro atoms. The zero-order chi connectivity index (χ0) is 15.8. The monoisotopic (exact) mass is 347 g/mol. The number of halogens is 1. The zero-order valence-electron chi connectivity index (χ0n) is 13.9. The van der Waals surface area contributed by atoms with E-state index in [4.69, 9.17) is 0 Å². The third-order valence-corrected chi connectivity index (χ3v) is 4.55.